The summed E-state index contributed by atoms with van der Waals surface area (Å²) in [5.74, 6) is 0.235. The van der Waals surface area contributed by atoms with E-state index in [-0.39, 0.29) is 11.5 Å². The number of H-pyrrole nitrogens is 1. The van der Waals surface area contributed by atoms with Gasteiger partial charge in [0, 0.05) is 27.5 Å². The maximum absolute atomic E-state index is 12.7. The number of benzene rings is 1. The highest BCUT2D eigenvalue weighted by atomic mass is 32.1. The van der Waals surface area contributed by atoms with Gasteiger partial charge in [0.15, 0.2) is 0 Å². The highest BCUT2D eigenvalue weighted by Gasteiger charge is 2.18. The first-order valence-electron chi connectivity index (χ1n) is 9.78. The van der Waals surface area contributed by atoms with E-state index >= 15 is 0 Å². The number of hydrogen-bond acceptors (Lipinski definition) is 5. The second kappa shape index (κ2) is 7.57. The van der Waals surface area contributed by atoms with Crippen LogP contribution >= 0.6 is 11.3 Å². The van der Waals surface area contributed by atoms with Crippen LogP contribution in [0.5, 0.6) is 0 Å². The van der Waals surface area contributed by atoms with Gasteiger partial charge in [-0.15, -0.1) is 11.3 Å². The molecule has 3 heterocycles. The molecule has 154 valence electrons. The predicted molar refractivity (Wildman–Crippen MR) is 120 cm³/mol. The molecule has 0 fully saturated rings. The van der Waals surface area contributed by atoms with Crippen LogP contribution in [0.4, 0.5) is 0 Å². The van der Waals surface area contributed by atoms with Crippen molar-refractivity contribution in [3.8, 4) is 17.1 Å². The van der Waals surface area contributed by atoms with Gasteiger partial charge < -0.3 is 14.3 Å². The van der Waals surface area contributed by atoms with Crippen LogP contribution in [-0.2, 0) is 4.74 Å². The molecule has 0 atom stereocenters. The Kier molecular flexibility index (Phi) is 5.07. The van der Waals surface area contributed by atoms with Crippen molar-refractivity contribution in [1.82, 2.24) is 14.5 Å². The molecule has 0 radical (unpaired) electrons. The van der Waals surface area contributed by atoms with E-state index in [1.54, 1.807) is 30.4 Å². The Morgan fingerprint density at radius 1 is 1.17 bits per heavy atom. The van der Waals surface area contributed by atoms with Gasteiger partial charge in [-0.1, -0.05) is 0 Å². The van der Waals surface area contributed by atoms with Crippen LogP contribution in [0.1, 0.15) is 39.1 Å². The number of nitrogens with one attached hydrogen (secondary N) is 1. The van der Waals surface area contributed by atoms with E-state index < -0.39 is 0 Å². The molecule has 0 amide bonds. The molecule has 1 aromatic carbocycles. The first kappa shape index (κ1) is 20.1. The third-order valence-electron chi connectivity index (χ3n) is 5.36. The summed E-state index contributed by atoms with van der Waals surface area (Å²) in [7, 11) is 0. The summed E-state index contributed by atoms with van der Waals surface area (Å²) in [5, 5.41) is 0.671. The van der Waals surface area contributed by atoms with Crippen molar-refractivity contribution in [2.75, 3.05) is 6.61 Å². The summed E-state index contributed by atoms with van der Waals surface area (Å²) in [6, 6.07) is 9.32. The maximum atomic E-state index is 12.7. The summed E-state index contributed by atoms with van der Waals surface area (Å²) in [6.07, 6.45) is 0. The summed E-state index contributed by atoms with van der Waals surface area (Å²) >= 11 is 1.54. The lowest BCUT2D eigenvalue weighted by molar-refractivity contribution is 0.0526. The monoisotopic (exact) mass is 421 g/mol. The molecule has 4 rings (SSSR count). The Labute approximate surface area is 178 Å². The first-order valence-corrected chi connectivity index (χ1v) is 10.6. The quantitative estimate of drug-likeness (QED) is 0.478. The zero-order valence-corrected chi connectivity index (χ0v) is 18.4. The lowest BCUT2D eigenvalue weighted by atomic mass is 10.2. The zero-order chi connectivity index (χ0) is 21.6. The molecule has 0 saturated carbocycles. The number of esters is 1. The number of ether oxygens (including phenoxy) is 1. The standard InChI is InChI=1S/C23H23N3O3S/c1-6-29-23(28)16-7-9-17(10-8-16)26-12(2)11-18(14(26)4)20-24-21(27)19-13(3)15(5)30-22(19)25-20/h7-11H,6H2,1-5H3,(H,24,25,27). The molecule has 0 spiro atoms. The van der Waals surface area contributed by atoms with Gasteiger partial charge in [-0.05, 0) is 70.5 Å². The Morgan fingerprint density at radius 2 is 1.87 bits per heavy atom. The fourth-order valence-electron chi connectivity index (χ4n) is 3.74. The smallest absolute Gasteiger partial charge is 0.338 e. The van der Waals surface area contributed by atoms with Gasteiger partial charge in [0.1, 0.15) is 10.7 Å². The lowest BCUT2D eigenvalue weighted by Gasteiger charge is -2.11. The Morgan fingerprint density at radius 3 is 2.53 bits per heavy atom. The number of carbonyl (C=O) groups excluding carboxylic acids is 1. The van der Waals surface area contributed by atoms with Crippen molar-refractivity contribution in [2.45, 2.75) is 34.6 Å². The Hall–Kier alpha value is -3.19. The number of nitrogens with zero attached hydrogens (tertiary/aromatic N) is 2. The van der Waals surface area contributed by atoms with Gasteiger partial charge in [-0.3, -0.25) is 4.79 Å². The molecule has 30 heavy (non-hydrogen) atoms. The minimum atomic E-state index is -0.331. The van der Waals surface area contributed by atoms with Crippen molar-refractivity contribution in [3.05, 3.63) is 68.1 Å². The predicted octanol–water partition coefficient (Wildman–Crippen LogP) is 4.85. The number of thiophene rings is 1. The first-order chi connectivity index (χ1) is 14.3. The zero-order valence-electron chi connectivity index (χ0n) is 17.6. The molecular weight excluding hydrogens is 398 g/mol. The van der Waals surface area contributed by atoms with Crippen LogP contribution in [0.25, 0.3) is 27.3 Å². The minimum Gasteiger partial charge on any atom is -0.462 e. The van der Waals surface area contributed by atoms with Gasteiger partial charge in [-0.25, -0.2) is 9.78 Å². The molecule has 0 aliphatic carbocycles. The van der Waals surface area contributed by atoms with E-state index in [4.69, 9.17) is 9.72 Å². The Bertz CT molecular complexity index is 1330. The fourth-order valence-corrected chi connectivity index (χ4v) is 4.77. The van der Waals surface area contributed by atoms with Crippen molar-refractivity contribution < 1.29 is 9.53 Å². The molecule has 7 heteroatoms. The number of aryl methyl sites for hydroxylation is 3. The molecule has 4 aromatic rings. The normalized spacial score (nSPS) is 11.2. The van der Waals surface area contributed by atoms with Crippen LogP contribution in [0.3, 0.4) is 0 Å². The minimum absolute atomic E-state index is 0.111. The van der Waals surface area contributed by atoms with Gasteiger partial charge >= 0.3 is 5.97 Å². The highest BCUT2D eigenvalue weighted by molar-refractivity contribution is 7.18. The highest BCUT2D eigenvalue weighted by Crippen LogP contribution is 2.30. The van der Waals surface area contributed by atoms with E-state index in [9.17, 15) is 9.59 Å². The second-order valence-electron chi connectivity index (χ2n) is 7.27. The third kappa shape index (κ3) is 3.25. The van der Waals surface area contributed by atoms with Crippen molar-refractivity contribution in [1.29, 1.82) is 0 Å². The molecule has 0 aliphatic rings. The SMILES string of the molecule is CCOC(=O)c1ccc(-n2c(C)cc(-c3nc4sc(C)c(C)c4c(=O)[nH]3)c2C)cc1. The molecule has 6 nitrogen and oxygen atoms in total. The van der Waals surface area contributed by atoms with Crippen LogP contribution < -0.4 is 5.56 Å². The molecule has 0 bridgehead atoms. The van der Waals surface area contributed by atoms with E-state index in [1.165, 1.54) is 0 Å². The molecule has 0 aliphatic heterocycles. The van der Waals surface area contributed by atoms with E-state index in [2.05, 4.69) is 9.55 Å². The fraction of sp³-hybridized carbons (Fsp3) is 0.261. The number of hydrogen-bond donors (Lipinski definition) is 1. The van der Waals surface area contributed by atoms with E-state index in [1.807, 2.05) is 45.9 Å². The molecule has 0 unspecified atom stereocenters. The summed E-state index contributed by atoms with van der Waals surface area (Å²) in [5.41, 5.74) is 5.17. The van der Waals surface area contributed by atoms with Crippen molar-refractivity contribution >= 4 is 27.5 Å². The average Bonchev–Trinajstić information content (AvgIpc) is 3.17. The number of aromatic amines is 1. The second-order valence-corrected chi connectivity index (χ2v) is 8.47. The van der Waals surface area contributed by atoms with Crippen LogP contribution in [0.15, 0.2) is 35.1 Å². The van der Waals surface area contributed by atoms with Crippen LogP contribution in [0, 0.1) is 27.7 Å². The molecule has 0 saturated heterocycles. The van der Waals surface area contributed by atoms with Crippen molar-refractivity contribution in [3.63, 3.8) is 0 Å². The summed E-state index contributed by atoms with van der Waals surface area (Å²) < 4.78 is 7.14. The van der Waals surface area contributed by atoms with Crippen LogP contribution in [-0.4, -0.2) is 27.1 Å². The largest absolute Gasteiger partial charge is 0.462 e. The molecule has 1 N–H and O–H groups in total. The summed E-state index contributed by atoms with van der Waals surface area (Å²) in [6.45, 7) is 10.1. The number of fused-ring (bicyclic) bond motifs is 1. The molecule has 3 aromatic heterocycles. The third-order valence-corrected chi connectivity index (χ3v) is 6.46. The summed E-state index contributed by atoms with van der Waals surface area (Å²) in [4.78, 5) is 34.2. The number of carbonyl (C=O) groups is 1. The van der Waals surface area contributed by atoms with Gasteiger partial charge in [0.05, 0.1) is 17.6 Å². The number of aromatic nitrogens is 3. The topological polar surface area (TPSA) is 77.0 Å². The van der Waals surface area contributed by atoms with Gasteiger partial charge in [0.25, 0.3) is 5.56 Å². The molecular formula is C23H23N3O3S. The number of rotatable bonds is 4. The lowest BCUT2D eigenvalue weighted by Crippen LogP contribution is -2.09. The van der Waals surface area contributed by atoms with E-state index in [0.29, 0.717) is 23.4 Å². The average molecular weight is 422 g/mol. The van der Waals surface area contributed by atoms with E-state index in [0.717, 1.165) is 37.9 Å². The van der Waals surface area contributed by atoms with Crippen molar-refractivity contribution in [2.24, 2.45) is 0 Å². The van der Waals surface area contributed by atoms with Gasteiger partial charge in [0.2, 0.25) is 0 Å². The maximum Gasteiger partial charge on any atom is 0.338 e. The Balaban J connectivity index is 1.79. The van der Waals surface area contributed by atoms with Crippen LogP contribution in [0.2, 0.25) is 0 Å². The van der Waals surface area contributed by atoms with Gasteiger partial charge in [-0.2, -0.15) is 0 Å².